The minimum absolute atomic E-state index is 0.0227. The van der Waals surface area contributed by atoms with Gasteiger partial charge in [0.15, 0.2) is 0 Å². The highest BCUT2D eigenvalue weighted by molar-refractivity contribution is 7.86. The minimum Gasteiger partial charge on any atom is -0.398 e. The summed E-state index contributed by atoms with van der Waals surface area (Å²) in [6.07, 6.45) is 0. The lowest BCUT2D eigenvalue weighted by atomic mass is 10.2. The number of nitrogens with one attached hydrogen (secondary N) is 1. The van der Waals surface area contributed by atoms with E-state index < -0.39 is 10.1 Å². The zero-order valence-electron chi connectivity index (χ0n) is 10.2. The summed E-state index contributed by atoms with van der Waals surface area (Å²) < 4.78 is 31.2. The summed E-state index contributed by atoms with van der Waals surface area (Å²) in [5, 5.41) is 0. The second-order valence-electron chi connectivity index (χ2n) is 4.33. The first-order valence-corrected chi connectivity index (χ1v) is 7.21. The minimum atomic E-state index is -4.31. The van der Waals surface area contributed by atoms with Gasteiger partial charge in [0.25, 0.3) is 10.1 Å². The number of rotatable bonds is 2. The predicted octanol–water partition coefficient (Wildman–Crippen LogP) is 2.06. The summed E-state index contributed by atoms with van der Waals surface area (Å²) in [6, 6.07) is 11.8. The van der Waals surface area contributed by atoms with Crippen molar-refractivity contribution in [2.75, 3.05) is 5.73 Å². The van der Waals surface area contributed by atoms with Crippen LogP contribution in [0.25, 0.3) is 22.4 Å². The Bertz CT molecular complexity index is 867. The number of nitrogens with two attached hydrogens (primary N) is 1. The monoisotopic (exact) mass is 289 g/mol. The number of fused-ring (bicyclic) bond motifs is 1. The van der Waals surface area contributed by atoms with Gasteiger partial charge >= 0.3 is 0 Å². The fraction of sp³-hybridized carbons (Fsp3) is 0. The molecule has 3 rings (SSSR count). The first-order valence-electron chi connectivity index (χ1n) is 5.77. The number of nitrogen functional groups attached to an aromatic ring is 1. The topological polar surface area (TPSA) is 109 Å². The van der Waals surface area contributed by atoms with Gasteiger partial charge in [-0.1, -0.05) is 12.1 Å². The average Bonchev–Trinajstić information content (AvgIpc) is 2.80. The van der Waals surface area contributed by atoms with Gasteiger partial charge in [-0.05, 0) is 30.3 Å². The number of aromatic nitrogens is 2. The van der Waals surface area contributed by atoms with Crippen molar-refractivity contribution in [2.24, 2.45) is 0 Å². The van der Waals surface area contributed by atoms with E-state index in [-0.39, 0.29) is 10.6 Å². The van der Waals surface area contributed by atoms with Gasteiger partial charge in [-0.15, -0.1) is 0 Å². The summed E-state index contributed by atoms with van der Waals surface area (Å²) in [6.45, 7) is 0. The van der Waals surface area contributed by atoms with E-state index in [4.69, 9.17) is 10.3 Å². The molecule has 0 saturated heterocycles. The van der Waals surface area contributed by atoms with E-state index in [2.05, 4.69) is 9.97 Å². The molecule has 3 aromatic rings. The van der Waals surface area contributed by atoms with Crippen LogP contribution in [0.1, 0.15) is 0 Å². The molecule has 0 saturated carbocycles. The molecule has 0 aliphatic rings. The third kappa shape index (κ3) is 2.13. The molecular formula is C13H11N3O3S. The van der Waals surface area contributed by atoms with Crippen LogP contribution in [0.4, 0.5) is 5.69 Å². The van der Waals surface area contributed by atoms with Crippen LogP contribution in [-0.2, 0) is 10.1 Å². The van der Waals surface area contributed by atoms with Crippen LogP contribution in [0.3, 0.4) is 0 Å². The van der Waals surface area contributed by atoms with Crippen LogP contribution in [0.5, 0.6) is 0 Å². The van der Waals surface area contributed by atoms with Crippen molar-refractivity contribution in [2.45, 2.75) is 4.90 Å². The SMILES string of the molecule is Nc1cc(-c2nc3ccccc3[nH]2)ccc1S(=O)(=O)O. The van der Waals surface area contributed by atoms with Gasteiger partial charge in [-0.3, -0.25) is 4.55 Å². The zero-order chi connectivity index (χ0) is 14.3. The van der Waals surface area contributed by atoms with Gasteiger partial charge in [0, 0.05) is 5.56 Å². The van der Waals surface area contributed by atoms with Crippen LogP contribution < -0.4 is 5.73 Å². The number of benzene rings is 2. The average molecular weight is 289 g/mol. The van der Waals surface area contributed by atoms with Crippen molar-refractivity contribution in [3.63, 3.8) is 0 Å². The number of anilines is 1. The maximum atomic E-state index is 11.1. The predicted molar refractivity (Wildman–Crippen MR) is 75.8 cm³/mol. The maximum absolute atomic E-state index is 11.1. The highest BCUT2D eigenvalue weighted by atomic mass is 32.2. The third-order valence-electron chi connectivity index (χ3n) is 2.95. The van der Waals surface area contributed by atoms with Crippen LogP contribution >= 0.6 is 0 Å². The standard InChI is InChI=1S/C13H11N3O3S/c14-9-7-8(5-6-12(9)20(17,18)19)13-15-10-3-1-2-4-11(10)16-13/h1-7H,14H2,(H,15,16)(H,17,18,19). The first-order chi connectivity index (χ1) is 9.45. The Balaban J connectivity index is 2.13. The molecule has 7 heteroatoms. The zero-order valence-corrected chi connectivity index (χ0v) is 11.1. The molecule has 0 amide bonds. The molecule has 1 heterocycles. The molecule has 102 valence electrons. The summed E-state index contributed by atoms with van der Waals surface area (Å²) in [7, 11) is -4.31. The Morgan fingerprint density at radius 2 is 1.90 bits per heavy atom. The van der Waals surface area contributed by atoms with Crippen LogP contribution in [0, 0.1) is 0 Å². The van der Waals surface area contributed by atoms with E-state index in [9.17, 15) is 8.42 Å². The molecular weight excluding hydrogens is 278 g/mol. The number of para-hydroxylation sites is 2. The lowest BCUT2D eigenvalue weighted by molar-refractivity contribution is 0.483. The largest absolute Gasteiger partial charge is 0.398 e. The molecule has 1 aromatic heterocycles. The van der Waals surface area contributed by atoms with Crippen molar-refractivity contribution in [1.29, 1.82) is 0 Å². The van der Waals surface area contributed by atoms with Gasteiger partial charge < -0.3 is 10.7 Å². The molecule has 0 aliphatic heterocycles. The smallest absolute Gasteiger partial charge is 0.296 e. The molecule has 0 radical (unpaired) electrons. The maximum Gasteiger partial charge on any atom is 0.296 e. The highest BCUT2D eigenvalue weighted by Crippen LogP contribution is 2.26. The Morgan fingerprint density at radius 1 is 1.15 bits per heavy atom. The van der Waals surface area contributed by atoms with Crippen molar-refractivity contribution in [3.05, 3.63) is 42.5 Å². The van der Waals surface area contributed by atoms with Gasteiger partial charge in [0.05, 0.1) is 16.7 Å². The summed E-state index contributed by atoms with van der Waals surface area (Å²) in [4.78, 5) is 7.20. The number of nitrogens with zero attached hydrogens (tertiary/aromatic N) is 1. The molecule has 0 unspecified atom stereocenters. The van der Waals surface area contributed by atoms with E-state index in [1.165, 1.54) is 18.2 Å². The number of H-pyrrole nitrogens is 1. The second kappa shape index (κ2) is 4.32. The number of hydrogen-bond donors (Lipinski definition) is 3. The molecule has 0 aliphatic carbocycles. The van der Waals surface area contributed by atoms with E-state index in [1.807, 2.05) is 24.3 Å². The van der Waals surface area contributed by atoms with Crippen LogP contribution in [0.15, 0.2) is 47.4 Å². The van der Waals surface area contributed by atoms with Crippen LogP contribution in [-0.4, -0.2) is 22.9 Å². The summed E-state index contributed by atoms with van der Waals surface area (Å²) in [5.74, 6) is 0.583. The number of imidazole rings is 1. The molecule has 0 spiro atoms. The van der Waals surface area contributed by atoms with E-state index in [1.54, 1.807) is 0 Å². The molecule has 4 N–H and O–H groups in total. The summed E-state index contributed by atoms with van der Waals surface area (Å²) in [5.41, 5.74) is 7.96. The van der Waals surface area contributed by atoms with Crippen LogP contribution in [0.2, 0.25) is 0 Å². The number of aromatic amines is 1. The summed E-state index contributed by atoms with van der Waals surface area (Å²) >= 11 is 0. The molecule has 0 fully saturated rings. The molecule has 0 atom stereocenters. The quantitative estimate of drug-likeness (QED) is 0.494. The molecule has 6 nitrogen and oxygen atoms in total. The Hall–Kier alpha value is -2.38. The lowest BCUT2D eigenvalue weighted by Crippen LogP contribution is -2.03. The Labute approximate surface area is 115 Å². The second-order valence-corrected chi connectivity index (χ2v) is 5.72. The van der Waals surface area contributed by atoms with Gasteiger partial charge in [0.2, 0.25) is 0 Å². The molecule has 2 aromatic carbocycles. The van der Waals surface area contributed by atoms with E-state index in [0.29, 0.717) is 11.4 Å². The lowest BCUT2D eigenvalue weighted by Gasteiger charge is -2.04. The Kier molecular flexibility index (Phi) is 2.73. The van der Waals surface area contributed by atoms with Crippen molar-refractivity contribution in [1.82, 2.24) is 9.97 Å². The van der Waals surface area contributed by atoms with Crippen molar-refractivity contribution < 1.29 is 13.0 Å². The van der Waals surface area contributed by atoms with Gasteiger partial charge in [-0.25, -0.2) is 4.98 Å². The van der Waals surface area contributed by atoms with Crippen molar-refractivity contribution >= 4 is 26.8 Å². The van der Waals surface area contributed by atoms with E-state index >= 15 is 0 Å². The normalized spacial score (nSPS) is 11.8. The van der Waals surface area contributed by atoms with Gasteiger partial charge in [-0.2, -0.15) is 8.42 Å². The first kappa shape index (κ1) is 12.6. The fourth-order valence-corrected chi connectivity index (χ4v) is 2.62. The Morgan fingerprint density at radius 3 is 2.55 bits per heavy atom. The highest BCUT2D eigenvalue weighted by Gasteiger charge is 2.15. The fourth-order valence-electron chi connectivity index (χ4n) is 2.02. The van der Waals surface area contributed by atoms with E-state index in [0.717, 1.165) is 11.0 Å². The molecule has 0 bridgehead atoms. The van der Waals surface area contributed by atoms with Gasteiger partial charge in [0.1, 0.15) is 10.7 Å². The number of hydrogen-bond acceptors (Lipinski definition) is 4. The molecule has 20 heavy (non-hydrogen) atoms. The van der Waals surface area contributed by atoms with Crippen molar-refractivity contribution in [3.8, 4) is 11.4 Å². The third-order valence-corrected chi connectivity index (χ3v) is 3.88.